The van der Waals surface area contributed by atoms with Crippen molar-refractivity contribution in [3.8, 4) is 0 Å². The molecule has 1 N–H and O–H groups in total. The fraction of sp³-hybridized carbons (Fsp3) is 0.800. The third kappa shape index (κ3) is 8.96. The molecule has 0 rings (SSSR count). The first-order chi connectivity index (χ1) is 7.76. The molecule has 1 atom stereocenters. The molecule has 0 saturated carbocycles. The molecule has 0 saturated heterocycles. The highest BCUT2D eigenvalue weighted by molar-refractivity contribution is 7.80. The summed E-state index contributed by atoms with van der Waals surface area (Å²) in [4.78, 5) is 31.6. The molecule has 0 aliphatic rings. The van der Waals surface area contributed by atoms with E-state index in [4.69, 9.17) is 4.89 Å². The molecule has 0 aromatic rings. The average Bonchev–Trinajstić information content (AvgIpc) is 2.19. The Kier molecular flexibility index (Phi) is 7.17. The number of quaternary nitrogens is 1. The van der Waals surface area contributed by atoms with Crippen LogP contribution in [0.1, 0.15) is 6.92 Å². The molecule has 6 nitrogen and oxygen atoms in total. The Morgan fingerprint density at radius 2 is 1.94 bits per heavy atom. The molecule has 0 fully saturated rings. The van der Waals surface area contributed by atoms with Crippen LogP contribution in [0.2, 0.25) is 0 Å². The molecule has 0 aromatic carbocycles. The van der Waals surface area contributed by atoms with Gasteiger partial charge >= 0.3 is 5.97 Å². The van der Waals surface area contributed by atoms with Crippen LogP contribution in [0, 0.1) is 0 Å². The second-order valence-corrected chi connectivity index (χ2v) is 5.04. The highest BCUT2D eigenvalue weighted by Crippen LogP contribution is 1.95. The number of hydrogen-bond donors (Lipinski definition) is 2. The Bertz CT molecular complexity index is 266. The lowest BCUT2D eigenvalue weighted by atomic mass is 10.3. The third-order valence-electron chi connectivity index (χ3n) is 1.83. The Labute approximate surface area is 107 Å². The topological polar surface area (TPSA) is 64.6 Å². The minimum Gasteiger partial charge on any atom is -0.342 e. The van der Waals surface area contributed by atoms with E-state index < -0.39 is 12.0 Å². The molecule has 0 aromatic heterocycles. The Balaban J connectivity index is 3.87. The van der Waals surface area contributed by atoms with Gasteiger partial charge in [0.25, 0.3) is 0 Å². The van der Waals surface area contributed by atoms with Crippen molar-refractivity contribution >= 4 is 24.5 Å². The first-order valence-electron chi connectivity index (χ1n) is 5.28. The van der Waals surface area contributed by atoms with Crippen LogP contribution in [0.25, 0.3) is 0 Å². The van der Waals surface area contributed by atoms with Gasteiger partial charge in [0.1, 0.15) is 19.2 Å². The molecule has 7 heteroatoms. The summed E-state index contributed by atoms with van der Waals surface area (Å²) in [5, 5.41) is 2.41. The lowest BCUT2D eigenvalue weighted by molar-refractivity contribution is -0.871. The van der Waals surface area contributed by atoms with Crippen LogP contribution >= 0.6 is 12.6 Å². The normalized spacial score (nSPS) is 13.0. The maximum atomic E-state index is 11.4. The molecule has 0 aliphatic carbocycles. The predicted molar refractivity (Wildman–Crippen MR) is 66.4 cm³/mol. The van der Waals surface area contributed by atoms with Gasteiger partial charge in [0.05, 0.1) is 21.1 Å². The Morgan fingerprint density at radius 1 is 1.35 bits per heavy atom. The van der Waals surface area contributed by atoms with Crippen molar-refractivity contribution in [2.24, 2.45) is 0 Å². The van der Waals surface area contributed by atoms with E-state index in [-0.39, 0.29) is 11.7 Å². The van der Waals surface area contributed by atoms with Gasteiger partial charge in [0.15, 0.2) is 0 Å². The zero-order valence-corrected chi connectivity index (χ0v) is 11.6. The van der Waals surface area contributed by atoms with E-state index in [9.17, 15) is 9.59 Å². The van der Waals surface area contributed by atoms with Crippen molar-refractivity contribution in [1.29, 1.82) is 0 Å². The number of rotatable bonds is 7. The summed E-state index contributed by atoms with van der Waals surface area (Å²) in [6.45, 7) is 2.33. The van der Waals surface area contributed by atoms with E-state index in [0.717, 1.165) is 0 Å². The smallest absolute Gasteiger partial charge is 0.342 e. The van der Waals surface area contributed by atoms with Crippen LogP contribution in [-0.4, -0.2) is 62.4 Å². The molecular weight excluding hydrogens is 244 g/mol. The SMILES string of the molecule is CC(=O)N[C@@H](CS)C(=O)OOCC[N+](C)(C)C. The predicted octanol–water partition coefficient (Wildman–Crippen LogP) is -0.398. The molecule has 17 heavy (non-hydrogen) atoms. The van der Waals surface area contributed by atoms with E-state index in [2.05, 4.69) is 22.8 Å². The van der Waals surface area contributed by atoms with Crippen molar-refractivity contribution in [3.63, 3.8) is 0 Å². The summed E-state index contributed by atoms with van der Waals surface area (Å²) >= 11 is 3.95. The average molecular weight is 265 g/mol. The largest absolute Gasteiger partial charge is 0.365 e. The Hall–Kier alpha value is -0.790. The van der Waals surface area contributed by atoms with Crippen LogP contribution < -0.4 is 5.32 Å². The summed E-state index contributed by atoms with van der Waals surface area (Å²) in [7, 11) is 6.00. The van der Waals surface area contributed by atoms with Gasteiger partial charge in [0, 0.05) is 12.7 Å². The van der Waals surface area contributed by atoms with Gasteiger partial charge in [-0.25, -0.2) is 4.79 Å². The number of carbonyl (C=O) groups excluding carboxylic acids is 2. The minimum atomic E-state index is -0.778. The number of hydrogen-bond acceptors (Lipinski definition) is 5. The van der Waals surface area contributed by atoms with Crippen molar-refractivity contribution < 1.29 is 23.8 Å². The number of nitrogens with one attached hydrogen (secondary N) is 1. The summed E-state index contributed by atoms with van der Waals surface area (Å²) in [6.07, 6.45) is 0. The highest BCUT2D eigenvalue weighted by Gasteiger charge is 2.20. The maximum absolute atomic E-state index is 11.4. The van der Waals surface area contributed by atoms with Crippen LogP contribution in [0.15, 0.2) is 0 Å². The van der Waals surface area contributed by atoms with E-state index in [1.165, 1.54) is 6.92 Å². The number of thiol groups is 1. The summed E-state index contributed by atoms with van der Waals surface area (Å²) in [5.74, 6) is -0.791. The molecule has 0 unspecified atom stereocenters. The monoisotopic (exact) mass is 265 g/mol. The molecule has 0 heterocycles. The van der Waals surface area contributed by atoms with E-state index >= 15 is 0 Å². The summed E-state index contributed by atoms with van der Waals surface area (Å²) < 4.78 is 0.708. The standard InChI is InChI=1S/C10H20N2O4S/c1-8(13)11-9(7-17)10(14)16-15-6-5-12(2,3)4/h9H,5-7H2,1-4H3,(H-,11,13,17)/p+1/t9-/m0/s1. The molecule has 0 aliphatic heterocycles. The van der Waals surface area contributed by atoms with Crippen molar-refractivity contribution in [1.82, 2.24) is 5.32 Å². The molecule has 0 spiro atoms. The second kappa shape index (κ2) is 7.52. The summed E-state index contributed by atoms with van der Waals surface area (Å²) in [5.41, 5.74) is 0. The third-order valence-corrected chi connectivity index (χ3v) is 2.20. The van der Waals surface area contributed by atoms with Gasteiger partial charge in [-0.3, -0.25) is 9.68 Å². The lowest BCUT2D eigenvalue weighted by Crippen LogP contribution is -2.42. The first-order valence-corrected chi connectivity index (χ1v) is 5.91. The Morgan fingerprint density at radius 3 is 2.35 bits per heavy atom. The first kappa shape index (κ1) is 16.2. The number of amides is 1. The number of carbonyl (C=O) groups is 2. The molecule has 0 bridgehead atoms. The van der Waals surface area contributed by atoms with Crippen LogP contribution in [-0.2, 0) is 19.4 Å². The molecule has 1 amide bonds. The minimum absolute atomic E-state index is 0.164. The quantitative estimate of drug-likeness (QED) is 0.216. The fourth-order valence-corrected chi connectivity index (χ4v) is 1.13. The number of nitrogens with zero attached hydrogens (tertiary/aromatic N) is 1. The molecule has 100 valence electrons. The zero-order chi connectivity index (χ0) is 13.5. The van der Waals surface area contributed by atoms with Crippen molar-refractivity contribution in [2.45, 2.75) is 13.0 Å². The van der Waals surface area contributed by atoms with Crippen molar-refractivity contribution in [2.75, 3.05) is 40.0 Å². The second-order valence-electron chi connectivity index (χ2n) is 4.67. The lowest BCUT2D eigenvalue weighted by Gasteiger charge is -2.23. The van der Waals surface area contributed by atoms with E-state index in [0.29, 0.717) is 17.6 Å². The van der Waals surface area contributed by atoms with Crippen molar-refractivity contribution in [3.05, 3.63) is 0 Å². The van der Waals surface area contributed by atoms with Gasteiger partial charge in [-0.15, -0.1) is 0 Å². The van der Waals surface area contributed by atoms with E-state index in [1.54, 1.807) is 0 Å². The van der Waals surface area contributed by atoms with Gasteiger partial charge in [-0.2, -0.15) is 17.5 Å². The van der Waals surface area contributed by atoms with Crippen LogP contribution in [0.3, 0.4) is 0 Å². The molecule has 0 radical (unpaired) electrons. The van der Waals surface area contributed by atoms with E-state index in [1.807, 2.05) is 21.1 Å². The highest BCUT2D eigenvalue weighted by atomic mass is 32.1. The summed E-state index contributed by atoms with van der Waals surface area (Å²) in [6, 6.07) is -0.778. The van der Waals surface area contributed by atoms with Gasteiger partial charge in [-0.05, 0) is 0 Å². The molecular formula is C10H21N2O4S+. The van der Waals surface area contributed by atoms with Crippen LogP contribution in [0.5, 0.6) is 0 Å². The van der Waals surface area contributed by atoms with Crippen LogP contribution in [0.4, 0.5) is 0 Å². The van der Waals surface area contributed by atoms with Gasteiger partial charge in [0.2, 0.25) is 5.91 Å². The number of likely N-dealkylation sites (N-methyl/N-ethyl adjacent to an activating group) is 1. The van der Waals surface area contributed by atoms with Gasteiger partial charge in [-0.1, -0.05) is 0 Å². The van der Waals surface area contributed by atoms with Gasteiger partial charge < -0.3 is 9.80 Å². The zero-order valence-electron chi connectivity index (χ0n) is 10.7. The fourth-order valence-electron chi connectivity index (χ4n) is 0.893. The maximum Gasteiger partial charge on any atom is 0.365 e.